The Kier molecular flexibility index (Phi) is 4.01. The smallest absolute Gasteiger partial charge is 0.289 e. The van der Waals surface area contributed by atoms with Crippen LogP contribution in [0.25, 0.3) is 0 Å². The van der Waals surface area contributed by atoms with Crippen LogP contribution in [0.3, 0.4) is 0 Å². The van der Waals surface area contributed by atoms with Crippen LogP contribution in [0.1, 0.15) is 23.4 Å². The Labute approximate surface area is 146 Å². The predicted octanol–water partition coefficient (Wildman–Crippen LogP) is 1.86. The van der Waals surface area contributed by atoms with Crippen LogP contribution in [0, 0.1) is 5.92 Å². The van der Waals surface area contributed by atoms with Gasteiger partial charge in [-0.2, -0.15) is 4.72 Å². The fourth-order valence-corrected chi connectivity index (χ4v) is 4.84. The van der Waals surface area contributed by atoms with E-state index in [4.69, 9.17) is 4.42 Å². The molecule has 8 heteroatoms. The number of rotatable bonds is 2. The van der Waals surface area contributed by atoms with Crippen molar-refractivity contribution in [1.82, 2.24) is 9.62 Å². The molecule has 2 aliphatic rings. The summed E-state index contributed by atoms with van der Waals surface area (Å²) in [6, 6.07) is 10.2. The van der Waals surface area contributed by atoms with E-state index in [1.54, 1.807) is 35.2 Å². The second kappa shape index (κ2) is 6.20. The number of nitrogens with one attached hydrogen (secondary N) is 2. The zero-order valence-corrected chi connectivity index (χ0v) is 14.3. The van der Waals surface area contributed by atoms with Gasteiger partial charge in [-0.05, 0) is 43.0 Å². The third-order valence-electron chi connectivity index (χ3n) is 4.80. The van der Waals surface area contributed by atoms with E-state index in [0.717, 1.165) is 12.8 Å². The van der Waals surface area contributed by atoms with Gasteiger partial charge in [-0.25, -0.2) is 8.42 Å². The predicted molar refractivity (Wildman–Crippen MR) is 91.5 cm³/mol. The van der Waals surface area contributed by atoms with Crippen molar-refractivity contribution in [1.29, 1.82) is 0 Å². The first kappa shape index (κ1) is 16.2. The van der Waals surface area contributed by atoms with Gasteiger partial charge in [0.05, 0.1) is 18.1 Å². The van der Waals surface area contributed by atoms with Crippen LogP contribution >= 0.6 is 0 Å². The lowest BCUT2D eigenvalue weighted by molar-refractivity contribution is 0.0647. The molecule has 1 amide bonds. The van der Waals surface area contributed by atoms with Crippen LogP contribution in [0.5, 0.6) is 0 Å². The second-order valence-electron chi connectivity index (χ2n) is 6.35. The number of hydrogen-bond acceptors (Lipinski definition) is 5. The van der Waals surface area contributed by atoms with Crippen molar-refractivity contribution in [3.8, 4) is 0 Å². The van der Waals surface area contributed by atoms with Crippen molar-refractivity contribution in [2.24, 2.45) is 5.92 Å². The van der Waals surface area contributed by atoms with E-state index in [-0.39, 0.29) is 22.9 Å². The maximum atomic E-state index is 12.4. The van der Waals surface area contributed by atoms with Gasteiger partial charge in [0, 0.05) is 13.1 Å². The number of amides is 1. The molecule has 0 spiro atoms. The number of piperidine rings is 1. The lowest BCUT2D eigenvalue weighted by Crippen LogP contribution is -2.52. The SMILES string of the molecule is O=C(c1ccco1)N1CCC(C2Nc3ccccc3S(=O)(=O)N2)CC1. The molecule has 1 fully saturated rings. The van der Waals surface area contributed by atoms with Gasteiger partial charge in [-0.1, -0.05) is 12.1 Å². The number of anilines is 1. The maximum Gasteiger partial charge on any atom is 0.289 e. The summed E-state index contributed by atoms with van der Waals surface area (Å²) in [6.07, 6.45) is 2.56. The summed E-state index contributed by atoms with van der Waals surface area (Å²) in [5.41, 5.74) is 0.625. The van der Waals surface area contributed by atoms with Gasteiger partial charge in [0.2, 0.25) is 10.0 Å². The molecule has 0 saturated carbocycles. The molecule has 25 heavy (non-hydrogen) atoms. The summed E-state index contributed by atoms with van der Waals surface area (Å²) in [6.45, 7) is 1.15. The summed E-state index contributed by atoms with van der Waals surface area (Å²) in [5, 5.41) is 3.28. The lowest BCUT2D eigenvalue weighted by Gasteiger charge is -2.38. The molecule has 4 rings (SSSR count). The number of benzene rings is 1. The Morgan fingerprint density at radius 1 is 1.12 bits per heavy atom. The van der Waals surface area contributed by atoms with Crippen molar-refractivity contribution < 1.29 is 17.6 Å². The normalized spacial score (nSPS) is 22.9. The first-order valence-corrected chi connectivity index (χ1v) is 9.73. The van der Waals surface area contributed by atoms with Crippen molar-refractivity contribution in [3.05, 3.63) is 48.4 Å². The van der Waals surface area contributed by atoms with Crippen molar-refractivity contribution in [2.75, 3.05) is 18.4 Å². The van der Waals surface area contributed by atoms with Crippen molar-refractivity contribution in [3.63, 3.8) is 0 Å². The standard InChI is InChI=1S/C17H19N3O4S/c21-17(14-5-3-11-24-14)20-9-7-12(8-10-20)16-18-13-4-1-2-6-15(13)25(22,23)19-16/h1-6,11-12,16,18-19H,7-10H2. The number of nitrogens with zero attached hydrogens (tertiary/aromatic N) is 1. The highest BCUT2D eigenvalue weighted by atomic mass is 32.2. The molecule has 1 aromatic carbocycles. The highest BCUT2D eigenvalue weighted by Gasteiger charge is 2.36. The van der Waals surface area contributed by atoms with E-state index in [9.17, 15) is 13.2 Å². The maximum absolute atomic E-state index is 12.4. The van der Waals surface area contributed by atoms with Gasteiger partial charge in [0.1, 0.15) is 4.90 Å². The Bertz CT molecular complexity index is 871. The quantitative estimate of drug-likeness (QED) is 0.852. The Morgan fingerprint density at radius 2 is 1.88 bits per heavy atom. The number of para-hydroxylation sites is 1. The summed E-state index contributed by atoms with van der Waals surface area (Å²) in [7, 11) is -3.51. The second-order valence-corrected chi connectivity index (χ2v) is 8.03. The molecule has 2 aliphatic heterocycles. The molecular formula is C17H19N3O4S. The lowest BCUT2D eigenvalue weighted by atomic mass is 9.93. The summed E-state index contributed by atoms with van der Waals surface area (Å²) >= 11 is 0. The first-order chi connectivity index (χ1) is 12.0. The average molecular weight is 361 g/mol. The molecule has 1 aromatic heterocycles. The average Bonchev–Trinajstić information content (AvgIpc) is 3.15. The number of furan rings is 1. The van der Waals surface area contributed by atoms with Gasteiger partial charge < -0.3 is 14.6 Å². The molecule has 1 atom stereocenters. The van der Waals surface area contributed by atoms with Crippen LogP contribution in [-0.4, -0.2) is 38.5 Å². The molecule has 3 heterocycles. The molecule has 0 radical (unpaired) electrons. The van der Waals surface area contributed by atoms with Gasteiger partial charge >= 0.3 is 0 Å². The Morgan fingerprint density at radius 3 is 2.60 bits per heavy atom. The van der Waals surface area contributed by atoms with E-state index < -0.39 is 10.0 Å². The van der Waals surface area contributed by atoms with Crippen LogP contribution in [0.2, 0.25) is 0 Å². The number of sulfonamides is 1. The van der Waals surface area contributed by atoms with Gasteiger partial charge in [0.15, 0.2) is 5.76 Å². The number of carbonyl (C=O) groups is 1. The Hall–Kier alpha value is -2.32. The molecule has 2 aromatic rings. The molecule has 0 aliphatic carbocycles. The first-order valence-electron chi connectivity index (χ1n) is 8.25. The summed E-state index contributed by atoms with van der Waals surface area (Å²) < 4.78 is 32.7. The van der Waals surface area contributed by atoms with Crippen LogP contribution in [0.4, 0.5) is 5.69 Å². The van der Waals surface area contributed by atoms with Gasteiger partial charge in [-0.15, -0.1) is 0 Å². The minimum atomic E-state index is -3.51. The zero-order chi connectivity index (χ0) is 17.4. The van der Waals surface area contributed by atoms with E-state index in [1.807, 2.05) is 6.07 Å². The zero-order valence-electron chi connectivity index (χ0n) is 13.5. The summed E-state index contributed by atoms with van der Waals surface area (Å²) in [5.74, 6) is 0.332. The molecule has 1 saturated heterocycles. The van der Waals surface area contributed by atoms with E-state index in [1.165, 1.54) is 6.26 Å². The minimum Gasteiger partial charge on any atom is -0.459 e. The third-order valence-corrected chi connectivity index (χ3v) is 6.30. The topological polar surface area (TPSA) is 91.7 Å². The molecular weight excluding hydrogens is 342 g/mol. The van der Waals surface area contributed by atoms with Gasteiger partial charge in [0.25, 0.3) is 5.91 Å². The van der Waals surface area contributed by atoms with Crippen LogP contribution in [0.15, 0.2) is 52.0 Å². The molecule has 2 N–H and O–H groups in total. The molecule has 0 bridgehead atoms. The fourth-order valence-electron chi connectivity index (χ4n) is 3.45. The van der Waals surface area contributed by atoms with E-state index in [0.29, 0.717) is 24.5 Å². The number of fused-ring (bicyclic) bond motifs is 1. The highest BCUT2D eigenvalue weighted by molar-refractivity contribution is 7.89. The van der Waals surface area contributed by atoms with Gasteiger partial charge in [-0.3, -0.25) is 4.79 Å². The van der Waals surface area contributed by atoms with Crippen molar-refractivity contribution >= 4 is 21.6 Å². The molecule has 7 nitrogen and oxygen atoms in total. The number of carbonyl (C=O) groups excluding carboxylic acids is 1. The van der Waals surface area contributed by atoms with E-state index in [2.05, 4.69) is 10.0 Å². The monoisotopic (exact) mass is 361 g/mol. The molecule has 1 unspecified atom stereocenters. The fraction of sp³-hybridized carbons (Fsp3) is 0.353. The highest BCUT2D eigenvalue weighted by Crippen LogP contribution is 2.31. The Balaban J connectivity index is 1.44. The molecule has 132 valence electrons. The van der Waals surface area contributed by atoms with E-state index >= 15 is 0 Å². The summed E-state index contributed by atoms with van der Waals surface area (Å²) in [4.78, 5) is 14.3. The van der Waals surface area contributed by atoms with Crippen LogP contribution < -0.4 is 10.0 Å². The van der Waals surface area contributed by atoms with Crippen LogP contribution in [-0.2, 0) is 10.0 Å². The number of hydrogen-bond donors (Lipinski definition) is 2. The largest absolute Gasteiger partial charge is 0.459 e. The number of likely N-dealkylation sites (tertiary alicyclic amines) is 1. The minimum absolute atomic E-state index is 0.115. The third kappa shape index (κ3) is 3.03. The van der Waals surface area contributed by atoms with Crippen molar-refractivity contribution in [2.45, 2.75) is 23.9 Å².